The summed E-state index contributed by atoms with van der Waals surface area (Å²) in [6, 6.07) is 1.84. The zero-order valence-electron chi connectivity index (χ0n) is 15.6. The van der Waals surface area contributed by atoms with Crippen LogP contribution in [-0.2, 0) is 23.7 Å². The standard InChI is InChI=1S/C18H22ClN3O5/c1-9(2)17(23)24-7-11-12-13(27-18(3,4)26-12)16(25-11)22-6-5-10-14(19)20-8-21-15(10)22/h5-6,8-9,11-13,16H,7H2,1-4H3/t11-,12-,13-,16-/m1/s1. The summed E-state index contributed by atoms with van der Waals surface area (Å²) in [5.74, 6) is -1.24. The molecule has 2 aromatic rings. The van der Waals surface area contributed by atoms with Gasteiger partial charge in [-0.05, 0) is 19.9 Å². The van der Waals surface area contributed by atoms with Crippen molar-refractivity contribution in [2.75, 3.05) is 6.61 Å². The summed E-state index contributed by atoms with van der Waals surface area (Å²) in [6.07, 6.45) is 1.59. The van der Waals surface area contributed by atoms with Crippen LogP contribution in [0.5, 0.6) is 0 Å². The molecule has 0 amide bonds. The lowest BCUT2D eigenvalue weighted by atomic mass is 10.1. The number of fused-ring (bicyclic) bond motifs is 2. The molecular weight excluding hydrogens is 374 g/mol. The molecule has 2 fully saturated rings. The van der Waals surface area contributed by atoms with Gasteiger partial charge in [0.1, 0.15) is 42.0 Å². The van der Waals surface area contributed by atoms with Gasteiger partial charge in [0.2, 0.25) is 0 Å². The fourth-order valence-electron chi connectivity index (χ4n) is 3.49. The maximum Gasteiger partial charge on any atom is 0.308 e. The first-order valence-electron chi connectivity index (χ1n) is 8.91. The van der Waals surface area contributed by atoms with Crippen LogP contribution < -0.4 is 0 Å². The number of hydrogen-bond acceptors (Lipinski definition) is 7. The molecule has 27 heavy (non-hydrogen) atoms. The van der Waals surface area contributed by atoms with Gasteiger partial charge in [-0.15, -0.1) is 0 Å². The molecule has 2 aliphatic rings. The molecule has 0 bridgehead atoms. The zero-order chi connectivity index (χ0) is 19.3. The van der Waals surface area contributed by atoms with Crippen molar-refractivity contribution in [3.05, 3.63) is 23.7 Å². The minimum Gasteiger partial charge on any atom is -0.463 e. The minimum atomic E-state index is -0.757. The molecule has 0 spiro atoms. The molecule has 0 aromatic carbocycles. The lowest BCUT2D eigenvalue weighted by Gasteiger charge is -2.25. The van der Waals surface area contributed by atoms with Crippen LogP contribution in [0, 0.1) is 5.92 Å². The molecule has 2 saturated heterocycles. The van der Waals surface area contributed by atoms with Gasteiger partial charge in [0.15, 0.2) is 12.0 Å². The Bertz CT molecular complexity index is 868. The predicted octanol–water partition coefficient (Wildman–Crippen LogP) is 2.70. The number of esters is 1. The third kappa shape index (κ3) is 3.31. The fraction of sp³-hybridized carbons (Fsp3) is 0.611. The number of ether oxygens (including phenoxy) is 4. The first-order valence-corrected chi connectivity index (χ1v) is 9.29. The summed E-state index contributed by atoms with van der Waals surface area (Å²) >= 11 is 6.16. The van der Waals surface area contributed by atoms with Crippen molar-refractivity contribution in [3.8, 4) is 0 Å². The molecule has 0 radical (unpaired) electrons. The second-order valence-corrected chi connectivity index (χ2v) is 7.90. The lowest BCUT2D eigenvalue weighted by Crippen LogP contribution is -2.34. The van der Waals surface area contributed by atoms with E-state index in [4.69, 9.17) is 30.5 Å². The molecule has 0 unspecified atom stereocenters. The Morgan fingerprint density at radius 1 is 1.33 bits per heavy atom. The van der Waals surface area contributed by atoms with Gasteiger partial charge in [-0.2, -0.15) is 0 Å². The summed E-state index contributed by atoms with van der Waals surface area (Å²) in [7, 11) is 0. The molecular formula is C18H22ClN3O5. The molecule has 0 aliphatic carbocycles. The summed E-state index contributed by atoms with van der Waals surface area (Å²) in [5, 5.41) is 1.10. The first-order chi connectivity index (χ1) is 12.8. The SMILES string of the molecule is CC(C)C(=O)OC[C@H]1O[C@@H](n2ccc3c(Cl)ncnc32)[C@@H]2OC(C)(C)O[C@@H]21. The quantitative estimate of drug-likeness (QED) is 0.581. The summed E-state index contributed by atoms with van der Waals surface area (Å²) in [6.45, 7) is 7.39. The normalized spacial score (nSPS) is 29.4. The van der Waals surface area contributed by atoms with E-state index in [2.05, 4.69) is 9.97 Å². The average Bonchev–Trinajstić information content (AvgIpc) is 3.24. The number of carbonyl (C=O) groups excluding carboxylic acids is 1. The van der Waals surface area contributed by atoms with Gasteiger partial charge >= 0.3 is 5.97 Å². The Kier molecular flexibility index (Phi) is 4.62. The van der Waals surface area contributed by atoms with E-state index in [0.29, 0.717) is 10.8 Å². The van der Waals surface area contributed by atoms with Crippen LogP contribution in [0.25, 0.3) is 11.0 Å². The number of carbonyl (C=O) groups is 1. The fourth-order valence-corrected chi connectivity index (χ4v) is 3.68. The molecule has 4 atom stereocenters. The molecule has 146 valence electrons. The van der Waals surface area contributed by atoms with E-state index >= 15 is 0 Å². The Morgan fingerprint density at radius 2 is 2.07 bits per heavy atom. The van der Waals surface area contributed by atoms with Gasteiger partial charge in [0, 0.05) is 6.20 Å². The molecule has 4 rings (SSSR count). The van der Waals surface area contributed by atoms with Crippen molar-refractivity contribution in [1.82, 2.24) is 14.5 Å². The largest absolute Gasteiger partial charge is 0.463 e. The Hall–Kier alpha value is -1.74. The Labute approximate surface area is 161 Å². The summed E-state index contributed by atoms with van der Waals surface area (Å²) < 4.78 is 25.5. The first kappa shape index (κ1) is 18.6. The maximum atomic E-state index is 11.9. The minimum absolute atomic E-state index is 0.100. The van der Waals surface area contributed by atoms with Gasteiger partial charge in [0.05, 0.1) is 11.3 Å². The number of halogens is 1. The highest BCUT2D eigenvalue weighted by atomic mass is 35.5. The van der Waals surface area contributed by atoms with Crippen molar-refractivity contribution in [2.45, 2.75) is 58.0 Å². The van der Waals surface area contributed by atoms with Crippen LogP contribution in [0.4, 0.5) is 0 Å². The van der Waals surface area contributed by atoms with E-state index in [1.54, 1.807) is 13.8 Å². The Morgan fingerprint density at radius 3 is 2.81 bits per heavy atom. The third-order valence-electron chi connectivity index (χ3n) is 4.72. The monoisotopic (exact) mass is 395 g/mol. The van der Waals surface area contributed by atoms with E-state index in [1.807, 2.05) is 30.7 Å². The highest BCUT2D eigenvalue weighted by molar-refractivity contribution is 6.33. The lowest BCUT2D eigenvalue weighted by molar-refractivity contribution is -0.202. The topological polar surface area (TPSA) is 84.7 Å². The smallest absolute Gasteiger partial charge is 0.308 e. The van der Waals surface area contributed by atoms with E-state index < -0.39 is 18.1 Å². The van der Waals surface area contributed by atoms with Crippen LogP contribution in [0.15, 0.2) is 18.6 Å². The van der Waals surface area contributed by atoms with Crippen LogP contribution in [-0.4, -0.2) is 51.2 Å². The van der Waals surface area contributed by atoms with Crippen molar-refractivity contribution >= 4 is 28.6 Å². The summed E-state index contributed by atoms with van der Waals surface area (Å²) in [4.78, 5) is 20.2. The molecule has 9 heteroatoms. The van der Waals surface area contributed by atoms with Crippen molar-refractivity contribution in [2.24, 2.45) is 5.92 Å². The highest BCUT2D eigenvalue weighted by Gasteiger charge is 2.56. The molecule has 2 aliphatic heterocycles. The molecule has 2 aromatic heterocycles. The predicted molar refractivity (Wildman–Crippen MR) is 96.1 cm³/mol. The maximum absolute atomic E-state index is 11.9. The van der Waals surface area contributed by atoms with Crippen LogP contribution in [0.2, 0.25) is 5.15 Å². The number of rotatable bonds is 4. The van der Waals surface area contributed by atoms with Gasteiger partial charge in [0.25, 0.3) is 0 Å². The van der Waals surface area contributed by atoms with Crippen molar-refractivity contribution < 1.29 is 23.7 Å². The van der Waals surface area contributed by atoms with Crippen LogP contribution in [0.1, 0.15) is 33.9 Å². The van der Waals surface area contributed by atoms with E-state index in [0.717, 1.165) is 5.39 Å². The molecule has 0 saturated carbocycles. The van der Waals surface area contributed by atoms with Crippen molar-refractivity contribution in [3.63, 3.8) is 0 Å². The van der Waals surface area contributed by atoms with Crippen molar-refractivity contribution in [1.29, 1.82) is 0 Å². The van der Waals surface area contributed by atoms with Gasteiger partial charge < -0.3 is 23.5 Å². The van der Waals surface area contributed by atoms with Crippen LogP contribution >= 0.6 is 11.6 Å². The van der Waals surface area contributed by atoms with Gasteiger partial charge in [-0.25, -0.2) is 9.97 Å². The Balaban J connectivity index is 1.63. The second kappa shape index (κ2) is 6.70. The summed E-state index contributed by atoms with van der Waals surface area (Å²) in [5.41, 5.74) is 0.645. The van der Waals surface area contributed by atoms with Crippen LogP contribution in [0.3, 0.4) is 0 Å². The molecule has 4 heterocycles. The van der Waals surface area contributed by atoms with E-state index in [9.17, 15) is 4.79 Å². The highest BCUT2D eigenvalue weighted by Crippen LogP contribution is 2.44. The van der Waals surface area contributed by atoms with E-state index in [1.165, 1.54) is 6.33 Å². The van der Waals surface area contributed by atoms with Gasteiger partial charge in [-0.1, -0.05) is 25.4 Å². The zero-order valence-corrected chi connectivity index (χ0v) is 16.3. The molecule has 0 N–H and O–H groups in total. The number of nitrogens with zero attached hydrogens (tertiary/aromatic N) is 3. The van der Waals surface area contributed by atoms with Gasteiger partial charge in [-0.3, -0.25) is 4.79 Å². The number of aromatic nitrogens is 3. The average molecular weight is 396 g/mol. The number of hydrogen-bond donors (Lipinski definition) is 0. The van der Waals surface area contributed by atoms with E-state index in [-0.39, 0.29) is 30.7 Å². The molecule has 8 nitrogen and oxygen atoms in total. The second-order valence-electron chi connectivity index (χ2n) is 7.54. The third-order valence-corrected chi connectivity index (χ3v) is 5.02.